The normalized spacial score (nSPS) is 29.1. The number of nitrogens with one attached hydrogen (secondary N) is 2. The Labute approximate surface area is 125 Å². The molecule has 1 atom stereocenters. The summed E-state index contributed by atoms with van der Waals surface area (Å²) in [5.74, 6) is 0.175. The van der Waals surface area contributed by atoms with Gasteiger partial charge in [0.25, 0.3) is 0 Å². The Bertz CT molecular complexity index is 487. The predicted octanol–water partition coefficient (Wildman–Crippen LogP) is -0.0328. The fourth-order valence-corrected chi connectivity index (χ4v) is 3.59. The average molecular weight is 290 g/mol. The zero-order valence-electron chi connectivity index (χ0n) is 12.5. The smallest absolute Gasteiger partial charge is 0.474 e. The standard InChI is InChI=1S/C15H23BN2O3/c1-13(16-18(7-9-20-16)8-10-21-16)11-15(19)17-12-14-5-3-2-4-6-14/h2-6,13,18H,7-12H2,1H3,(H,17,19). The zero-order valence-corrected chi connectivity index (χ0v) is 12.5. The van der Waals surface area contributed by atoms with Gasteiger partial charge in [-0.05, 0) is 11.4 Å². The predicted molar refractivity (Wildman–Crippen MR) is 80.7 cm³/mol. The third kappa shape index (κ3) is 2.97. The topological polar surface area (TPSA) is 52.0 Å². The summed E-state index contributed by atoms with van der Waals surface area (Å²) in [5, 5.41) is 2.98. The Morgan fingerprint density at radius 1 is 1.29 bits per heavy atom. The summed E-state index contributed by atoms with van der Waals surface area (Å²) in [6.07, 6.45) is 0.455. The van der Waals surface area contributed by atoms with Gasteiger partial charge in [-0.3, -0.25) is 4.79 Å². The number of carbonyl (C=O) groups is 1. The summed E-state index contributed by atoms with van der Waals surface area (Å²) < 4.78 is 11.8. The molecule has 3 rings (SSSR count). The number of rotatable bonds is 5. The van der Waals surface area contributed by atoms with Crippen molar-refractivity contribution in [2.75, 3.05) is 26.3 Å². The van der Waals surface area contributed by atoms with Crippen LogP contribution in [0.15, 0.2) is 30.3 Å². The van der Waals surface area contributed by atoms with Gasteiger partial charge in [0.05, 0.1) is 26.3 Å². The Morgan fingerprint density at radius 3 is 2.62 bits per heavy atom. The Morgan fingerprint density at radius 2 is 1.95 bits per heavy atom. The fraction of sp³-hybridized carbons (Fsp3) is 0.533. The maximum absolute atomic E-state index is 12.1. The van der Waals surface area contributed by atoms with Crippen molar-refractivity contribution >= 4 is 12.6 Å². The summed E-state index contributed by atoms with van der Waals surface area (Å²) in [7, 11) is 0. The van der Waals surface area contributed by atoms with Crippen molar-refractivity contribution in [3.05, 3.63) is 35.9 Å². The van der Waals surface area contributed by atoms with Gasteiger partial charge in [-0.1, -0.05) is 37.3 Å². The lowest BCUT2D eigenvalue weighted by atomic mass is 9.57. The average Bonchev–Trinajstić information content (AvgIpc) is 3.06. The van der Waals surface area contributed by atoms with E-state index in [0.29, 0.717) is 13.0 Å². The van der Waals surface area contributed by atoms with Crippen LogP contribution in [0, 0.1) is 0 Å². The molecule has 0 aromatic heterocycles. The molecule has 0 radical (unpaired) electrons. The largest absolute Gasteiger partial charge is 0.509 e. The Hall–Kier alpha value is -1.37. The lowest BCUT2D eigenvalue weighted by Gasteiger charge is -2.36. The van der Waals surface area contributed by atoms with E-state index in [1.807, 2.05) is 30.3 Å². The molecular weight excluding hydrogens is 267 g/mol. The molecule has 2 N–H and O–H groups in total. The van der Waals surface area contributed by atoms with E-state index in [9.17, 15) is 4.79 Å². The van der Waals surface area contributed by atoms with Crippen molar-refractivity contribution in [2.45, 2.75) is 25.7 Å². The maximum Gasteiger partial charge on any atom is 0.474 e. The zero-order chi connectivity index (χ0) is 14.7. The Kier molecular flexibility index (Phi) is 4.28. The number of amides is 1. The first-order chi connectivity index (χ1) is 10.2. The van der Waals surface area contributed by atoms with E-state index >= 15 is 0 Å². The van der Waals surface area contributed by atoms with E-state index in [-0.39, 0.29) is 11.7 Å². The second kappa shape index (κ2) is 6.18. The summed E-state index contributed by atoms with van der Waals surface area (Å²) in [4.78, 5) is 13.5. The molecule has 1 amide bonds. The van der Waals surface area contributed by atoms with Gasteiger partial charge < -0.3 is 19.4 Å². The molecule has 21 heavy (non-hydrogen) atoms. The maximum atomic E-state index is 12.1. The minimum absolute atomic E-state index is 0.0629. The van der Waals surface area contributed by atoms with Gasteiger partial charge in [0.2, 0.25) is 5.91 Å². The second-order valence-electron chi connectivity index (χ2n) is 6.11. The SMILES string of the molecule is CC(CC(=O)NCc1ccccc1)[B-]12OCC[NH+]1CCO2. The quantitative estimate of drug-likeness (QED) is 0.749. The van der Waals surface area contributed by atoms with Gasteiger partial charge in [0, 0.05) is 13.0 Å². The molecule has 0 aliphatic carbocycles. The number of hydrogen-bond acceptors (Lipinski definition) is 3. The van der Waals surface area contributed by atoms with Gasteiger partial charge in [0.1, 0.15) is 0 Å². The van der Waals surface area contributed by atoms with Crippen molar-refractivity contribution in [2.24, 2.45) is 0 Å². The van der Waals surface area contributed by atoms with E-state index in [2.05, 4.69) is 12.2 Å². The number of benzene rings is 1. The highest BCUT2D eigenvalue weighted by atomic mass is 16.6. The number of hydrogen-bond donors (Lipinski definition) is 2. The van der Waals surface area contributed by atoms with E-state index in [1.54, 1.807) is 0 Å². The van der Waals surface area contributed by atoms with Crippen LogP contribution in [0.5, 0.6) is 0 Å². The van der Waals surface area contributed by atoms with Crippen LogP contribution in [0.3, 0.4) is 0 Å². The van der Waals surface area contributed by atoms with Gasteiger partial charge >= 0.3 is 6.69 Å². The summed E-state index contributed by atoms with van der Waals surface area (Å²) in [6.45, 7) is 4.79. The highest BCUT2D eigenvalue weighted by Gasteiger charge is 2.53. The van der Waals surface area contributed by atoms with Crippen LogP contribution in [0.25, 0.3) is 0 Å². The van der Waals surface area contributed by atoms with Crippen LogP contribution in [0.1, 0.15) is 18.9 Å². The highest BCUT2D eigenvalue weighted by Crippen LogP contribution is 2.26. The van der Waals surface area contributed by atoms with Crippen molar-refractivity contribution in [1.82, 2.24) is 5.32 Å². The van der Waals surface area contributed by atoms with E-state index in [0.717, 1.165) is 31.9 Å². The first kappa shape index (κ1) is 14.6. The summed E-state index contributed by atoms with van der Waals surface area (Å²) >= 11 is 0. The molecule has 2 aliphatic rings. The number of quaternary nitrogens is 1. The van der Waals surface area contributed by atoms with Crippen LogP contribution in [-0.2, 0) is 20.6 Å². The highest BCUT2D eigenvalue weighted by molar-refractivity contribution is 6.61. The molecule has 114 valence electrons. The molecule has 0 spiro atoms. The van der Waals surface area contributed by atoms with E-state index in [4.69, 9.17) is 9.31 Å². The van der Waals surface area contributed by atoms with Crippen LogP contribution in [0.4, 0.5) is 0 Å². The van der Waals surface area contributed by atoms with Crippen LogP contribution in [0.2, 0.25) is 5.82 Å². The molecule has 2 aliphatic heterocycles. The third-order valence-electron chi connectivity index (χ3n) is 4.74. The molecule has 0 saturated carbocycles. The third-order valence-corrected chi connectivity index (χ3v) is 4.74. The molecule has 2 saturated heterocycles. The first-order valence-corrected chi connectivity index (χ1v) is 7.79. The minimum Gasteiger partial charge on any atom is -0.509 e. The number of carbonyl (C=O) groups excluding carboxylic acids is 1. The molecule has 0 bridgehead atoms. The first-order valence-electron chi connectivity index (χ1n) is 7.79. The van der Waals surface area contributed by atoms with E-state index < -0.39 is 6.69 Å². The van der Waals surface area contributed by atoms with E-state index in [1.165, 1.54) is 4.81 Å². The van der Waals surface area contributed by atoms with Gasteiger partial charge in [-0.25, -0.2) is 0 Å². The fourth-order valence-electron chi connectivity index (χ4n) is 3.59. The second-order valence-corrected chi connectivity index (χ2v) is 6.11. The van der Waals surface area contributed by atoms with Crippen molar-refractivity contribution in [3.8, 4) is 0 Å². The summed E-state index contributed by atoms with van der Waals surface area (Å²) in [6, 6.07) is 9.95. The molecule has 5 nitrogen and oxygen atoms in total. The van der Waals surface area contributed by atoms with Gasteiger partial charge in [0.15, 0.2) is 0 Å². The van der Waals surface area contributed by atoms with Gasteiger partial charge in [-0.2, -0.15) is 0 Å². The number of fused-ring (bicyclic) bond motifs is 1. The summed E-state index contributed by atoms with van der Waals surface area (Å²) in [5.41, 5.74) is 1.11. The lowest BCUT2D eigenvalue weighted by Crippen LogP contribution is -3.19. The molecule has 1 aromatic rings. The molecule has 1 unspecified atom stereocenters. The molecular formula is C15H23BN2O3. The monoisotopic (exact) mass is 290 g/mol. The molecule has 2 heterocycles. The lowest BCUT2D eigenvalue weighted by molar-refractivity contribution is -0.784. The van der Waals surface area contributed by atoms with Crippen LogP contribution >= 0.6 is 0 Å². The molecule has 1 aromatic carbocycles. The molecule has 6 heteroatoms. The van der Waals surface area contributed by atoms with Crippen molar-refractivity contribution in [3.63, 3.8) is 0 Å². The Balaban J connectivity index is 1.53. The van der Waals surface area contributed by atoms with Crippen molar-refractivity contribution in [1.29, 1.82) is 0 Å². The molecule has 2 fully saturated rings. The van der Waals surface area contributed by atoms with Crippen LogP contribution in [-0.4, -0.2) is 38.9 Å². The van der Waals surface area contributed by atoms with Crippen molar-refractivity contribution < 1.29 is 18.9 Å². The minimum atomic E-state index is -1.32. The van der Waals surface area contributed by atoms with Gasteiger partial charge in [-0.15, -0.1) is 0 Å². The van der Waals surface area contributed by atoms with Crippen LogP contribution < -0.4 is 10.1 Å².